The number of anilines is 1. The summed E-state index contributed by atoms with van der Waals surface area (Å²) in [7, 11) is 0. The number of aromatic nitrogens is 2. The molecule has 2 heterocycles. The van der Waals surface area contributed by atoms with Gasteiger partial charge in [0.1, 0.15) is 0 Å². The van der Waals surface area contributed by atoms with Crippen LogP contribution in [0.25, 0.3) is 4.96 Å². The normalized spacial score (nSPS) is 11.9. The summed E-state index contributed by atoms with van der Waals surface area (Å²) in [5, 5.41) is 4.99. The second-order valence-corrected chi connectivity index (χ2v) is 5.13. The number of nitrogens with one attached hydrogen (secondary N) is 1. The van der Waals surface area contributed by atoms with E-state index >= 15 is 0 Å². The number of imidazole rings is 1. The molecule has 2 aromatic heterocycles. The van der Waals surface area contributed by atoms with Crippen LogP contribution >= 0.6 is 11.3 Å². The number of hydrogen-bond acceptors (Lipinski definition) is 3. The number of benzene rings is 1. The summed E-state index contributed by atoms with van der Waals surface area (Å²) in [5.41, 5.74) is 0.830. The highest BCUT2D eigenvalue weighted by molar-refractivity contribution is 7.15. The van der Waals surface area contributed by atoms with Gasteiger partial charge in [-0.25, -0.2) is 4.98 Å². The molecule has 0 aliphatic carbocycles. The molecule has 3 aromatic rings. The van der Waals surface area contributed by atoms with Gasteiger partial charge in [-0.05, 0) is 24.3 Å². The number of alkyl halides is 3. The van der Waals surface area contributed by atoms with Gasteiger partial charge in [0.2, 0.25) is 0 Å². The van der Waals surface area contributed by atoms with Gasteiger partial charge in [-0.1, -0.05) is 0 Å². The first-order valence-electron chi connectivity index (χ1n) is 5.84. The number of thiazole rings is 1. The molecule has 0 radical (unpaired) electrons. The molecule has 7 heteroatoms. The molecule has 0 aliphatic heterocycles. The Balaban J connectivity index is 1.67. The largest absolute Gasteiger partial charge is 0.416 e. The van der Waals surface area contributed by atoms with Crippen molar-refractivity contribution in [2.75, 3.05) is 5.32 Å². The quantitative estimate of drug-likeness (QED) is 0.791. The molecule has 0 aliphatic rings. The molecule has 0 spiro atoms. The summed E-state index contributed by atoms with van der Waals surface area (Å²) in [4.78, 5) is 5.28. The molecule has 0 unspecified atom stereocenters. The fourth-order valence-corrected chi connectivity index (χ4v) is 2.55. The van der Waals surface area contributed by atoms with Crippen LogP contribution in [0.4, 0.5) is 18.9 Å². The van der Waals surface area contributed by atoms with Crippen molar-refractivity contribution in [2.45, 2.75) is 12.7 Å². The molecule has 0 bridgehead atoms. The zero-order valence-electron chi connectivity index (χ0n) is 10.2. The van der Waals surface area contributed by atoms with Crippen molar-refractivity contribution in [2.24, 2.45) is 0 Å². The van der Waals surface area contributed by atoms with Crippen LogP contribution in [0.3, 0.4) is 0 Å². The van der Waals surface area contributed by atoms with Crippen molar-refractivity contribution in [1.82, 2.24) is 9.38 Å². The summed E-state index contributed by atoms with van der Waals surface area (Å²) in [6.07, 6.45) is -0.496. The lowest BCUT2D eigenvalue weighted by Crippen LogP contribution is -2.05. The van der Waals surface area contributed by atoms with Gasteiger partial charge in [0, 0.05) is 23.5 Å². The van der Waals surface area contributed by atoms with Gasteiger partial charge in [-0.2, -0.15) is 13.2 Å². The molecule has 3 nitrogen and oxygen atoms in total. The lowest BCUT2D eigenvalue weighted by atomic mass is 10.2. The van der Waals surface area contributed by atoms with Gasteiger partial charge in [0.25, 0.3) is 0 Å². The fraction of sp³-hybridized carbons (Fsp3) is 0.154. The third-order valence-electron chi connectivity index (χ3n) is 2.83. The SMILES string of the molecule is FC(F)(F)c1ccc(NCc2cn3ccsc3n2)cc1. The lowest BCUT2D eigenvalue weighted by molar-refractivity contribution is -0.137. The van der Waals surface area contributed by atoms with E-state index in [0.29, 0.717) is 12.2 Å². The zero-order chi connectivity index (χ0) is 14.2. The number of fused-ring (bicyclic) bond motifs is 1. The van der Waals surface area contributed by atoms with Crippen LogP contribution in [0.1, 0.15) is 11.3 Å². The second kappa shape index (κ2) is 4.82. The molecular formula is C13H10F3N3S. The number of hydrogen-bond donors (Lipinski definition) is 1. The van der Waals surface area contributed by atoms with E-state index in [1.165, 1.54) is 23.5 Å². The van der Waals surface area contributed by atoms with Crippen LogP contribution in [0.15, 0.2) is 42.0 Å². The average Bonchev–Trinajstić information content (AvgIpc) is 2.96. The Morgan fingerprint density at radius 3 is 2.60 bits per heavy atom. The van der Waals surface area contributed by atoms with Crippen molar-refractivity contribution in [3.8, 4) is 0 Å². The summed E-state index contributed by atoms with van der Waals surface area (Å²) in [6, 6.07) is 4.96. The maximum Gasteiger partial charge on any atom is 0.416 e. The Morgan fingerprint density at radius 1 is 1.20 bits per heavy atom. The second-order valence-electron chi connectivity index (χ2n) is 4.25. The van der Waals surface area contributed by atoms with Gasteiger partial charge in [0.05, 0.1) is 17.8 Å². The number of halogens is 3. The Labute approximate surface area is 116 Å². The maximum atomic E-state index is 12.4. The first-order chi connectivity index (χ1) is 9.52. The third kappa shape index (κ3) is 2.62. The summed E-state index contributed by atoms with van der Waals surface area (Å²) >= 11 is 1.53. The number of rotatable bonds is 3. The van der Waals surface area contributed by atoms with Crippen LogP contribution in [0, 0.1) is 0 Å². The highest BCUT2D eigenvalue weighted by atomic mass is 32.1. The van der Waals surface area contributed by atoms with E-state index in [1.807, 2.05) is 22.2 Å². The highest BCUT2D eigenvalue weighted by Crippen LogP contribution is 2.29. The molecule has 0 fully saturated rings. The van der Waals surface area contributed by atoms with Crippen molar-refractivity contribution in [1.29, 1.82) is 0 Å². The Hall–Kier alpha value is -2.02. The minimum atomic E-state index is -4.30. The van der Waals surface area contributed by atoms with Gasteiger partial charge in [-0.3, -0.25) is 4.40 Å². The van der Waals surface area contributed by atoms with Gasteiger partial charge >= 0.3 is 6.18 Å². The van der Waals surface area contributed by atoms with Gasteiger partial charge in [0.15, 0.2) is 4.96 Å². The van der Waals surface area contributed by atoms with E-state index in [2.05, 4.69) is 10.3 Å². The molecule has 3 rings (SSSR count). The molecule has 0 atom stereocenters. The van der Waals surface area contributed by atoms with E-state index in [0.717, 1.165) is 22.8 Å². The van der Waals surface area contributed by atoms with Crippen LogP contribution in [-0.2, 0) is 12.7 Å². The molecular weight excluding hydrogens is 287 g/mol. The van der Waals surface area contributed by atoms with Crippen molar-refractivity contribution in [3.05, 3.63) is 53.3 Å². The van der Waals surface area contributed by atoms with Crippen LogP contribution in [0.5, 0.6) is 0 Å². The van der Waals surface area contributed by atoms with Crippen LogP contribution in [-0.4, -0.2) is 9.38 Å². The zero-order valence-corrected chi connectivity index (χ0v) is 11.0. The summed E-state index contributed by atoms with van der Waals surface area (Å²) < 4.78 is 39.2. The predicted octanol–water partition coefficient (Wildman–Crippen LogP) is 4.03. The van der Waals surface area contributed by atoms with Crippen LogP contribution in [0.2, 0.25) is 0 Å². The first-order valence-corrected chi connectivity index (χ1v) is 6.72. The Morgan fingerprint density at radius 2 is 1.95 bits per heavy atom. The minimum absolute atomic E-state index is 0.472. The Kier molecular flexibility index (Phi) is 3.13. The van der Waals surface area contributed by atoms with Crippen LogP contribution < -0.4 is 5.32 Å². The minimum Gasteiger partial charge on any atom is -0.379 e. The predicted molar refractivity (Wildman–Crippen MR) is 71.8 cm³/mol. The van der Waals surface area contributed by atoms with E-state index < -0.39 is 11.7 Å². The van der Waals surface area contributed by atoms with E-state index in [-0.39, 0.29) is 0 Å². The highest BCUT2D eigenvalue weighted by Gasteiger charge is 2.29. The molecule has 1 N–H and O–H groups in total. The number of nitrogens with zero attached hydrogens (tertiary/aromatic N) is 2. The van der Waals surface area contributed by atoms with Crippen molar-refractivity contribution in [3.63, 3.8) is 0 Å². The van der Waals surface area contributed by atoms with Gasteiger partial charge < -0.3 is 5.32 Å². The van der Waals surface area contributed by atoms with Gasteiger partial charge in [-0.15, -0.1) is 11.3 Å². The summed E-state index contributed by atoms with van der Waals surface area (Å²) in [6.45, 7) is 0.472. The van der Waals surface area contributed by atoms with Crippen molar-refractivity contribution < 1.29 is 13.2 Å². The first kappa shape index (κ1) is 13.0. The molecule has 0 saturated heterocycles. The van der Waals surface area contributed by atoms with E-state index in [4.69, 9.17) is 0 Å². The smallest absolute Gasteiger partial charge is 0.379 e. The standard InChI is InChI=1S/C13H10F3N3S/c14-13(15,16)9-1-3-10(4-2-9)17-7-11-8-19-5-6-20-12(19)18-11/h1-6,8,17H,7H2. The molecule has 0 amide bonds. The van der Waals surface area contributed by atoms with Crippen molar-refractivity contribution >= 4 is 22.0 Å². The third-order valence-corrected chi connectivity index (χ3v) is 3.60. The molecule has 104 valence electrons. The molecule has 20 heavy (non-hydrogen) atoms. The topological polar surface area (TPSA) is 29.3 Å². The fourth-order valence-electron chi connectivity index (χ4n) is 1.83. The average molecular weight is 297 g/mol. The molecule has 1 aromatic carbocycles. The lowest BCUT2D eigenvalue weighted by Gasteiger charge is -2.08. The monoisotopic (exact) mass is 297 g/mol. The van der Waals surface area contributed by atoms with E-state index in [1.54, 1.807) is 0 Å². The molecule has 0 saturated carbocycles. The summed E-state index contributed by atoms with van der Waals surface area (Å²) in [5.74, 6) is 0. The van der Waals surface area contributed by atoms with E-state index in [9.17, 15) is 13.2 Å². The Bertz CT molecular complexity index is 684. The maximum absolute atomic E-state index is 12.4.